The molecule has 1 aromatic carbocycles. The Morgan fingerprint density at radius 2 is 1.85 bits per heavy atom. The van der Waals surface area contributed by atoms with Crippen LogP contribution in [0.15, 0.2) is 42.5 Å². The molecule has 1 aliphatic carbocycles. The number of carbonyl (C=O) groups excluding carboxylic acids is 1. The zero-order valence-corrected chi connectivity index (χ0v) is 15.3. The molecule has 1 aliphatic rings. The number of benzene rings is 1. The van der Waals surface area contributed by atoms with E-state index in [0.717, 1.165) is 24.3 Å². The Balaban J connectivity index is 1.57. The number of nitrogens with zero attached hydrogens (tertiary/aromatic N) is 3. The summed E-state index contributed by atoms with van der Waals surface area (Å²) >= 11 is 0. The first-order chi connectivity index (χ1) is 12.4. The summed E-state index contributed by atoms with van der Waals surface area (Å²) in [6.07, 6.45) is 1.91. The molecule has 2 heterocycles. The summed E-state index contributed by atoms with van der Waals surface area (Å²) in [5.74, 6) is 1.28. The number of aromatic nitrogens is 3. The van der Waals surface area contributed by atoms with Gasteiger partial charge in [-0.1, -0.05) is 39.0 Å². The van der Waals surface area contributed by atoms with Crippen molar-refractivity contribution in [3.05, 3.63) is 48.0 Å². The first-order valence-corrected chi connectivity index (χ1v) is 8.94. The van der Waals surface area contributed by atoms with Gasteiger partial charge in [-0.05, 0) is 48.1 Å². The normalized spacial score (nSPS) is 14.4. The van der Waals surface area contributed by atoms with Crippen molar-refractivity contribution in [3.8, 4) is 0 Å². The Kier molecular flexibility index (Phi) is 3.90. The fourth-order valence-corrected chi connectivity index (χ4v) is 2.81. The maximum atomic E-state index is 11.9. The Hall–Kier alpha value is -2.89. The van der Waals surface area contributed by atoms with Crippen molar-refractivity contribution in [1.82, 2.24) is 14.6 Å². The predicted molar refractivity (Wildman–Crippen MR) is 103 cm³/mol. The molecule has 3 aromatic rings. The van der Waals surface area contributed by atoms with E-state index in [1.165, 1.54) is 5.56 Å². The minimum absolute atomic E-state index is 0.00758. The predicted octanol–water partition coefficient (Wildman–Crippen LogP) is 4.12. The van der Waals surface area contributed by atoms with Gasteiger partial charge in [0.2, 0.25) is 11.9 Å². The molecule has 134 valence electrons. The fourth-order valence-electron chi connectivity index (χ4n) is 2.81. The summed E-state index contributed by atoms with van der Waals surface area (Å²) in [5.41, 5.74) is 3.07. The largest absolute Gasteiger partial charge is 0.340 e. The van der Waals surface area contributed by atoms with Gasteiger partial charge < -0.3 is 5.32 Å². The highest BCUT2D eigenvalue weighted by molar-refractivity contribution is 5.92. The van der Waals surface area contributed by atoms with E-state index >= 15 is 0 Å². The molecule has 0 unspecified atom stereocenters. The first-order valence-electron chi connectivity index (χ1n) is 8.94. The van der Waals surface area contributed by atoms with E-state index in [2.05, 4.69) is 65.8 Å². The van der Waals surface area contributed by atoms with E-state index in [9.17, 15) is 4.79 Å². The number of hydrogen-bond donors (Lipinski definition) is 2. The van der Waals surface area contributed by atoms with Gasteiger partial charge in [-0.25, -0.2) is 0 Å². The number of carbonyl (C=O) groups is 1. The lowest BCUT2D eigenvalue weighted by Gasteiger charge is -2.19. The van der Waals surface area contributed by atoms with Crippen LogP contribution in [-0.4, -0.2) is 20.5 Å². The molecular weight excluding hydrogens is 326 g/mol. The van der Waals surface area contributed by atoms with Gasteiger partial charge in [0, 0.05) is 11.6 Å². The van der Waals surface area contributed by atoms with Crippen LogP contribution in [0.4, 0.5) is 17.5 Å². The third-order valence-electron chi connectivity index (χ3n) is 4.57. The number of amides is 1. The molecule has 1 fully saturated rings. The Labute approximate surface area is 152 Å². The van der Waals surface area contributed by atoms with Crippen LogP contribution in [0.2, 0.25) is 0 Å². The molecule has 0 spiro atoms. The van der Waals surface area contributed by atoms with Gasteiger partial charge in [0.15, 0.2) is 5.65 Å². The molecule has 2 N–H and O–H groups in total. The smallest absolute Gasteiger partial charge is 0.249 e. The maximum absolute atomic E-state index is 11.9. The molecular formula is C20H23N5O. The van der Waals surface area contributed by atoms with Gasteiger partial charge in [0.1, 0.15) is 5.82 Å². The third kappa shape index (κ3) is 3.40. The van der Waals surface area contributed by atoms with Crippen molar-refractivity contribution in [2.45, 2.75) is 39.0 Å². The standard InChI is InChI=1S/C20H23N5O/c1-20(2,3)14-9-11-15(12-10-14)21-16-5-4-6-17-22-19(24-25(16)17)23-18(26)13-7-8-13/h4-6,9-13,21H,7-8H2,1-3H3,(H,23,24,26). The highest BCUT2D eigenvalue weighted by Crippen LogP contribution is 2.30. The van der Waals surface area contributed by atoms with Gasteiger partial charge >= 0.3 is 0 Å². The van der Waals surface area contributed by atoms with Crippen molar-refractivity contribution in [2.24, 2.45) is 5.92 Å². The average Bonchev–Trinajstić information content (AvgIpc) is 3.36. The second-order valence-electron chi connectivity index (χ2n) is 7.83. The summed E-state index contributed by atoms with van der Waals surface area (Å²) in [6.45, 7) is 6.59. The molecule has 2 aromatic heterocycles. The van der Waals surface area contributed by atoms with E-state index < -0.39 is 0 Å². The molecule has 6 heteroatoms. The lowest BCUT2D eigenvalue weighted by atomic mass is 9.87. The number of hydrogen-bond acceptors (Lipinski definition) is 4. The van der Waals surface area contributed by atoms with Crippen LogP contribution in [0, 0.1) is 5.92 Å². The van der Waals surface area contributed by atoms with Gasteiger partial charge in [0.25, 0.3) is 0 Å². The number of anilines is 3. The number of nitrogens with one attached hydrogen (secondary N) is 2. The van der Waals surface area contributed by atoms with Gasteiger partial charge in [0.05, 0.1) is 0 Å². The molecule has 26 heavy (non-hydrogen) atoms. The SMILES string of the molecule is CC(C)(C)c1ccc(Nc2cccc3nc(NC(=O)C4CC4)nn23)cc1. The molecule has 0 bridgehead atoms. The monoisotopic (exact) mass is 349 g/mol. The first kappa shape index (κ1) is 16.6. The topological polar surface area (TPSA) is 71.3 Å². The second-order valence-corrected chi connectivity index (χ2v) is 7.83. The molecule has 1 saturated carbocycles. The van der Waals surface area contributed by atoms with Crippen molar-refractivity contribution in [3.63, 3.8) is 0 Å². The Bertz CT molecular complexity index is 948. The third-order valence-corrected chi connectivity index (χ3v) is 4.57. The minimum atomic E-state index is 0.00758. The molecule has 6 nitrogen and oxygen atoms in total. The summed E-state index contributed by atoms with van der Waals surface area (Å²) in [6, 6.07) is 14.1. The molecule has 0 aliphatic heterocycles. The minimum Gasteiger partial charge on any atom is -0.340 e. The van der Waals surface area contributed by atoms with Crippen LogP contribution in [0.5, 0.6) is 0 Å². The lowest BCUT2D eigenvalue weighted by Crippen LogP contribution is -2.14. The average molecular weight is 349 g/mol. The van der Waals surface area contributed by atoms with E-state index in [0.29, 0.717) is 11.6 Å². The van der Waals surface area contributed by atoms with Crippen molar-refractivity contribution in [1.29, 1.82) is 0 Å². The van der Waals surface area contributed by atoms with Crippen molar-refractivity contribution < 1.29 is 4.79 Å². The zero-order chi connectivity index (χ0) is 18.3. The van der Waals surface area contributed by atoms with Crippen LogP contribution in [-0.2, 0) is 10.2 Å². The van der Waals surface area contributed by atoms with Gasteiger partial charge in [-0.15, -0.1) is 5.10 Å². The Morgan fingerprint density at radius 3 is 2.50 bits per heavy atom. The van der Waals surface area contributed by atoms with Crippen LogP contribution in [0.3, 0.4) is 0 Å². The van der Waals surface area contributed by atoms with E-state index in [1.807, 2.05) is 18.2 Å². The van der Waals surface area contributed by atoms with Crippen LogP contribution < -0.4 is 10.6 Å². The van der Waals surface area contributed by atoms with E-state index in [-0.39, 0.29) is 17.2 Å². The quantitative estimate of drug-likeness (QED) is 0.743. The molecule has 0 saturated heterocycles. The van der Waals surface area contributed by atoms with Crippen LogP contribution in [0.1, 0.15) is 39.2 Å². The lowest BCUT2D eigenvalue weighted by molar-refractivity contribution is -0.117. The van der Waals surface area contributed by atoms with Crippen molar-refractivity contribution >= 4 is 29.0 Å². The summed E-state index contributed by atoms with van der Waals surface area (Å²) in [4.78, 5) is 16.3. The number of rotatable bonds is 4. The highest BCUT2D eigenvalue weighted by atomic mass is 16.2. The van der Waals surface area contributed by atoms with Gasteiger partial charge in [-0.3, -0.25) is 10.1 Å². The molecule has 1 amide bonds. The van der Waals surface area contributed by atoms with E-state index in [1.54, 1.807) is 4.52 Å². The number of pyridine rings is 1. The maximum Gasteiger partial charge on any atom is 0.249 e. The molecule has 0 atom stereocenters. The Morgan fingerprint density at radius 1 is 1.12 bits per heavy atom. The summed E-state index contributed by atoms with van der Waals surface area (Å²) < 4.78 is 1.71. The van der Waals surface area contributed by atoms with E-state index in [4.69, 9.17) is 0 Å². The molecule has 4 rings (SSSR count). The van der Waals surface area contributed by atoms with Crippen LogP contribution in [0.25, 0.3) is 5.65 Å². The van der Waals surface area contributed by atoms with Gasteiger partial charge in [-0.2, -0.15) is 9.50 Å². The van der Waals surface area contributed by atoms with Crippen LogP contribution >= 0.6 is 0 Å². The number of fused-ring (bicyclic) bond motifs is 1. The highest BCUT2D eigenvalue weighted by Gasteiger charge is 2.30. The zero-order valence-electron chi connectivity index (χ0n) is 15.3. The summed E-state index contributed by atoms with van der Waals surface area (Å²) in [7, 11) is 0. The fraction of sp³-hybridized carbons (Fsp3) is 0.350. The molecule has 0 radical (unpaired) electrons. The van der Waals surface area contributed by atoms with Crippen molar-refractivity contribution in [2.75, 3.05) is 10.6 Å². The second kappa shape index (κ2) is 6.12. The summed E-state index contributed by atoms with van der Waals surface area (Å²) in [5, 5.41) is 10.6.